The summed E-state index contributed by atoms with van der Waals surface area (Å²) in [7, 11) is 0. The third kappa shape index (κ3) is 8.68. The normalized spacial score (nSPS) is 25.8. The molecule has 3 rings (SSSR count). The molecule has 3 fully saturated rings. The maximum absolute atomic E-state index is 12.6. The largest absolute Gasteiger partial charge is 0.376 e. The molecular formula is C23H43IN4O3. The molecule has 0 radical (unpaired) electrons. The van der Waals surface area contributed by atoms with Crippen LogP contribution in [0.5, 0.6) is 0 Å². The van der Waals surface area contributed by atoms with E-state index in [2.05, 4.69) is 24.1 Å². The van der Waals surface area contributed by atoms with Crippen LogP contribution in [0, 0.1) is 0 Å². The van der Waals surface area contributed by atoms with E-state index in [1.165, 1.54) is 19.3 Å². The van der Waals surface area contributed by atoms with Gasteiger partial charge < -0.3 is 24.6 Å². The number of rotatable bonds is 7. The number of hydrogen-bond acceptors (Lipinski definition) is 4. The summed E-state index contributed by atoms with van der Waals surface area (Å²) in [4.78, 5) is 21.7. The summed E-state index contributed by atoms with van der Waals surface area (Å²) in [6.45, 7) is 10.1. The number of likely N-dealkylation sites (tertiary alicyclic amines) is 2. The smallest absolute Gasteiger partial charge is 0.224 e. The van der Waals surface area contributed by atoms with Crippen molar-refractivity contribution in [2.24, 2.45) is 4.99 Å². The van der Waals surface area contributed by atoms with E-state index in [4.69, 9.17) is 14.5 Å². The van der Waals surface area contributed by atoms with E-state index in [0.29, 0.717) is 25.1 Å². The molecule has 0 aromatic carbocycles. The molecule has 0 saturated carbocycles. The fourth-order valence-corrected chi connectivity index (χ4v) is 4.71. The highest BCUT2D eigenvalue weighted by molar-refractivity contribution is 14.0. The third-order valence-corrected chi connectivity index (χ3v) is 6.58. The van der Waals surface area contributed by atoms with E-state index in [1.54, 1.807) is 0 Å². The van der Waals surface area contributed by atoms with Crippen molar-refractivity contribution >= 4 is 35.8 Å². The van der Waals surface area contributed by atoms with Crippen molar-refractivity contribution in [2.75, 3.05) is 45.9 Å². The minimum atomic E-state index is 0. The molecule has 3 saturated heterocycles. The number of piperidine rings is 2. The molecule has 0 spiro atoms. The van der Waals surface area contributed by atoms with Crippen LogP contribution >= 0.6 is 24.0 Å². The van der Waals surface area contributed by atoms with Crippen LogP contribution in [-0.4, -0.2) is 85.9 Å². The summed E-state index contributed by atoms with van der Waals surface area (Å²) >= 11 is 0. The van der Waals surface area contributed by atoms with Crippen LogP contribution in [0.3, 0.4) is 0 Å². The lowest BCUT2D eigenvalue weighted by Crippen LogP contribution is -2.47. The second-order valence-electron chi connectivity index (χ2n) is 8.93. The van der Waals surface area contributed by atoms with Crippen molar-refractivity contribution in [1.82, 2.24) is 15.1 Å². The van der Waals surface area contributed by atoms with Gasteiger partial charge in [0.15, 0.2) is 5.96 Å². The van der Waals surface area contributed by atoms with Gasteiger partial charge in [-0.2, -0.15) is 0 Å². The van der Waals surface area contributed by atoms with Crippen LogP contribution in [0.15, 0.2) is 4.99 Å². The number of amides is 1. The molecular weight excluding hydrogens is 507 g/mol. The summed E-state index contributed by atoms with van der Waals surface area (Å²) in [5.74, 6) is 1.19. The molecule has 7 nitrogen and oxygen atoms in total. The van der Waals surface area contributed by atoms with Gasteiger partial charge in [0.2, 0.25) is 5.91 Å². The van der Waals surface area contributed by atoms with E-state index < -0.39 is 0 Å². The summed E-state index contributed by atoms with van der Waals surface area (Å²) < 4.78 is 11.9. The second kappa shape index (κ2) is 14.5. The van der Waals surface area contributed by atoms with Crippen LogP contribution in [0.4, 0.5) is 0 Å². The predicted molar refractivity (Wildman–Crippen MR) is 135 cm³/mol. The molecule has 0 aromatic rings. The van der Waals surface area contributed by atoms with Crippen LogP contribution in [0.2, 0.25) is 0 Å². The topological polar surface area (TPSA) is 66.4 Å². The number of hydrogen-bond donors (Lipinski definition) is 1. The summed E-state index contributed by atoms with van der Waals surface area (Å²) in [6.07, 6.45) is 10.2. The molecule has 2 unspecified atom stereocenters. The van der Waals surface area contributed by atoms with E-state index in [0.717, 1.165) is 77.5 Å². The van der Waals surface area contributed by atoms with Crippen LogP contribution in [0.25, 0.3) is 0 Å². The number of ether oxygens (including phenoxy) is 2. The van der Waals surface area contributed by atoms with Gasteiger partial charge in [-0.1, -0.05) is 0 Å². The van der Waals surface area contributed by atoms with Crippen molar-refractivity contribution < 1.29 is 14.3 Å². The maximum Gasteiger partial charge on any atom is 0.224 e. The molecule has 3 aliphatic heterocycles. The molecule has 3 heterocycles. The van der Waals surface area contributed by atoms with Gasteiger partial charge in [-0.05, 0) is 65.2 Å². The summed E-state index contributed by atoms with van der Waals surface area (Å²) in [5.41, 5.74) is 0. The predicted octanol–water partition coefficient (Wildman–Crippen LogP) is 3.41. The Kier molecular flexibility index (Phi) is 12.5. The lowest BCUT2D eigenvalue weighted by atomic mass is 10.0. The van der Waals surface area contributed by atoms with Crippen LogP contribution in [-0.2, 0) is 14.3 Å². The Morgan fingerprint density at radius 2 is 1.87 bits per heavy atom. The van der Waals surface area contributed by atoms with Crippen LogP contribution in [0.1, 0.15) is 71.6 Å². The van der Waals surface area contributed by atoms with Crippen LogP contribution < -0.4 is 5.32 Å². The molecule has 0 aliphatic carbocycles. The zero-order chi connectivity index (χ0) is 21.2. The SMILES string of the molecule is CCNC(=NCCC(=O)N1CCCCC1C)N1CCC(OCC2CCCCO2)CC1.I. The Balaban J connectivity index is 0.00000341. The molecule has 1 N–H and O–H groups in total. The number of nitrogens with zero attached hydrogens (tertiary/aromatic N) is 3. The van der Waals surface area contributed by atoms with E-state index >= 15 is 0 Å². The van der Waals surface area contributed by atoms with Gasteiger partial charge in [-0.15, -0.1) is 24.0 Å². The first-order valence-electron chi connectivity index (χ1n) is 12.2. The summed E-state index contributed by atoms with van der Waals surface area (Å²) in [5, 5.41) is 3.40. The monoisotopic (exact) mass is 550 g/mol. The number of carbonyl (C=O) groups is 1. The van der Waals surface area contributed by atoms with Gasteiger partial charge in [0.05, 0.1) is 25.4 Å². The number of halogens is 1. The first-order valence-corrected chi connectivity index (χ1v) is 12.2. The third-order valence-electron chi connectivity index (χ3n) is 6.58. The zero-order valence-corrected chi connectivity index (χ0v) is 21.9. The van der Waals surface area contributed by atoms with Gasteiger partial charge in [0.25, 0.3) is 0 Å². The highest BCUT2D eigenvalue weighted by Gasteiger charge is 2.25. The zero-order valence-electron chi connectivity index (χ0n) is 19.5. The Labute approximate surface area is 205 Å². The van der Waals surface area contributed by atoms with Gasteiger partial charge in [0, 0.05) is 45.2 Å². The minimum absolute atomic E-state index is 0. The Hall–Kier alpha value is -0.610. The molecule has 31 heavy (non-hydrogen) atoms. The van der Waals surface area contributed by atoms with Gasteiger partial charge >= 0.3 is 0 Å². The van der Waals surface area contributed by atoms with Crippen molar-refractivity contribution in [3.8, 4) is 0 Å². The Morgan fingerprint density at radius 1 is 1.10 bits per heavy atom. The molecule has 2 atom stereocenters. The fraction of sp³-hybridized carbons (Fsp3) is 0.913. The minimum Gasteiger partial charge on any atom is -0.376 e. The summed E-state index contributed by atoms with van der Waals surface area (Å²) in [6, 6.07) is 0.376. The molecule has 180 valence electrons. The van der Waals surface area contributed by atoms with Gasteiger partial charge in [-0.3, -0.25) is 9.79 Å². The lowest BCUT2D eigenvalue weighted by Gasteiger charge is -2.35. The van der Waals surface area contributed by atoms with Gasteiger partial charge in [-0.25, -0.2) is 0 Å². The number of guanidine groups is 1. The molecule has 1 amide bonds. The average molecular weight is 551 g/mol. The molecule has 0 aromatic heterocycles. The lowest BCUT2D eigenvalue weighted by molar-refractivity contribution is -0.134. The maximum atomic E-state index is 12.6. The van der Waals surface area contributed by atoms with E-state index in [-0.39, 0.29) is 36.0 Å². The fourth-order valence-electron chi connectivity index (χ4n) is 4.71. The molecule has 3 aliphatic rings. The van der Waals surface area contributed by atoms with Crippen molar-refractivity contribution in [3.05, 3.63) is 0 Å². The number of aliphatic imine (C=N–C) groups is 1. The number of nitrogens with one attached hydrogen (secondary N) is 1. The van der Waals surface area contributed by atoms with Gasteiger partial charge in [0.1, 0.15) is 0 Å². The standard InChI is InChI=1S/C23H42N4O3.HI/c1-3-24-23(25-13-10-22(28)27-14-6-4-8-19(27)2)26-15-11-20(12-16-26)30-18-21-9-5-7-17-29-21;/h19-21H,3-18H2,1-2H3,(H,24,25);1H. The van der Waals surface area contributed by atoms with Crippen molar-refractivity contribution in [2.45, 2.75) is 89.9 Å². The first kappa shape index (κ1) is 26.6. The second-order valence-corrected chi connectivity index (χ2v) is 8.93. The van der Waals surface area contributed by atoms with E-state index in [9.17, 15) is 4.79 Å². The quantitative estimate of drug-likeness (QED) is 0.299. The molecule has 8 heteroatoms. The number of carbonyl (C=O) groups excluding carboxylic acids is 1. The highest BCUT2D eigenvalue weighted by atomic mass is 127. The average Bonchev–Trinajstić information content (AvgIpc) is 2.78. The molecule has 0 bridgehead atoms. The first-order chi connectivity index (χ1) is 14.7. The highest BCUT2D eigenvalue weighted by Crippen LogP contribution is 2.19. The van der Waals surface area contributed by atoms with Crippen molar-refractivity contribution in [3.63, 3.8) is 0 Å². The van der Waals surface area contributed by atoms with E-state index in [1.807, 2.05) is 4.90 Å². The Bertz CT molecular complexity index is 549. The Morgan fingerprint density at radius 3 is 2.55 bits per heavy atom. The van der Waals surface area contributed by atoms with Crippen molar-refractivity contribution in [1.29, 1.82) is 0 Å².